The van der Waals surface area contributed by atoms with Gasteiger partial charge in [0.25, 0.3) is 0 Å². The Balaban J connectivity index is 2.45. The summed E-state index contributed by atoms with van der Waals surface area (Å²) in [6.45, 7) is 8.73. The van der Waals surface area contributed by atoms with Gasteiger partial charge < -0.3 is 0 Å². The Labute approximate surface area is 62.7 Å². The molecule has 0 spiro atoms. The Bertz CT molecular complexity index is 105. The fourth-order valence-electron chi connectivity index (χ4n) is 0.977. The third kappa shape index (κ3) is 1.48. The molecule has 0 saturated carbocycles. The fraction of sp³-hybridized carbons (Fsp3) is 1.00. The van der Waals surface area contributed by atoms with Crippen molar-refractivity contribution in [2.24, 2.45) is 0 Å². The standard InChI is InChI=1S/C7H17N3/c1-4-7(2,3)10-8-5-6-9-10/h8-9H,4-6H2,1-3H3. The second-order valence-electron chi connectivity index (χ2n) is 3.32. The van der Waals surface area contributed by atoms with Gasteiger partial charge in [-0.15, -0.1) is 0 Å². The van der Waals surface area contributed by atoms with Gasteiger partial charge in [0, 0.05) is 18.6 Å². The van der Waals surface area contributed by atoms with E-state index in [1.165, 1.54) is 0 Å². The van der Waals surface area contributed by atoms with Crippen LogP contribution in [0.5, 0.6) is 0 Å². The molecular weight excluding hydrogens is 126 g/mol. The summed E-state index contributed by atoms with van der Waals surface area (Å²) in [4.78, 5) is 0. The van der Waals surface area contributed by atoms with Crippen LogP contribution in [0.4, 0.5) is 0 Å². The SMILES string of the molecule is CCC(C)(C)N1NCCN1. The van der Waals surface area contributed by atoms with Crippen LogP contribution < -0.4 is 10.9 Å². The van der Waals surface area contributed by atoms with E-state index >= 15 is 0 Å². The third-order valence-corrected chi connectivity index (χ3v) is 2.14. The monoisotopic (exact) mass is 143 g/mol. The molecule has 0 amide bonds. The van der Waals surface area contributed by atoms with E-state index < -0.39 is 0 Å². The highest BCUT2D eigenvalue weighted by molar-refractivity contribution is 4.77. The van der Waals surface area contributed by atoms with Crippen molar-refractivity contribution in [1.29, 1.82) is 0 Å². The van der Waals surface area contributed by atoms with Gasteiger partial charge in [0.1, 0.15) is 0 Å². The van der Waals surface area contributed by atoms with Crippen LogP contribution in [0, 0.1) is 0 Å². The van der Waals surface area contributed by atoms with Crippen LogP contribution in [0.3, 0.4) is 0 Å². The zero-order chi connectivity index (χ0) is 7.61. The lowest BCUT2D eigenvalue weighted by molar-refractivity contribution is 0.0444. The van der Waals surface area contributed by atoms with Crippen molar-refractivity contribution in [1.82, 2.24) is 16.0 Å². The van der Waals surface area contributed by atoms with Crippen molar-refractivity contribution in [3.8, 4) is 0 Å². The van der Waals surface area contributed by atoms with E-state index in [9.17, 15) is 0 Å². The van der Waals surface area contributed by atoms with Gasteiger partial charge in [0.15, 0.2) is 0 Å². The molecule has 1 rings (SSSR count). The molecule has 0 aromatic carbocycles. The number of nitrogens with zero attached hydrogens (tertiary/aromatic N) is 1. The smallest absolute Gasteiger partial charge is 0.0451 e. The van der Waals surface area contributed by atoms with Crippen molar-refractivity contribution in [2.45, 2.75) is 32.7 Å². The molecule has 0 atom stereocenters. The van der Waals surface area contributed by atoms with Gasteiger partial charge in [-0.2, -0.15) is 5.12 Å². The summed E-state index contributed by atoms with van der Waals surface area (Å²) in [6, 6.07) is 0. The lowest BCUT2D eigenvalue weighted by Crippen LogP contribution is -2.52. The van der Waals surface area contributed by atoms with E-state index in [-0.39, 0.29) is 5.54 Å². The second kappa shape index (κ2) is 2.86. The van der Waals surface area contributed by atoms with E-state index in [4.69, 9.17) is 0 Å². The van der Waals surface area contributed by atoms with Crippen LogP contribution in [0.1, 0.15) is 27.2 Å². The van der Waals surface area contributed by atoms with E-state index in [0.29, 0.717) is 0 Å². The maximum Gasteiger partial charge on any atom is 0.0451 e. The number of rotatable bonds is 2. The van der Waals surface area contributed by atoms with Gasteiger partial charge in [-0.05, 0) is 20.3 Å². The summed E-state index contributed by atoms with van der Waals surface area (Å²) in [5, 5.41) is 2.10. The molecule has 2 N–H and O–H groups in total. The molecule has 1 aliphatic heterocycles. The molecule has 0 aromatic rings. The number of hydrogen-bond donors (Lipinski definition) is 2. The summed E-state index contributed by atoms with van der Waals surface area (Å²) in [7, 11) is 0. The molecule has 1 aliphatic rings. The van der Waals surface area contributed by atoms with E-state index in [2.05, 4.69) is 36.7 Å². The Morgan fingerprint density at radius 3 is 2.20 bits per heavy atom. The molecule has 1 fully saturated rings. The molecule has 3 heteroatoms. The number of hydrogen-bond acceptors (Lipinski definition) is 3. The predicted octanol–water partition coefficient (Wildman–Crippen LogP) is 0.500. The first-order valence-electron chi connectivity index (χ1n) is 3.94. The quantitative estimate of drug-likeness (QED) is 0.589. The fourth-order valence-corrected chi connectivity index (χ4v) is 0.977. The topological polar surface area (TPSA) is 27.3 Å². The maximum atomic E-state index is 3.27. The van der Waals surface area contributed by atoms with Crippen molar-refractivity contribution < 1.29 is 0 Å². The van der Waals surface area contributed by atoms with Crippen molar-refractivity contribution in [3.63, 3.8) is 0 Å². The van der Waals surface area contributed by atoms with Crippen LogP contribution in [0.15, 0.2) is 0 Å². The first-order valence-corrected chi connectivity index (χ1v) is 3.94. The first-order chi connectivity index (χ1) is 4.67. The first kappa shape index (κ1) is 7.98. The minimum atomic E-state index is 0.233. The van der Waals surface area contributed by atoms with Crippen LogP contribution in [-0.4, -0.2) is 23.7 Å². The second-order valence-corrected chi connectivity index (χ2v) is 3.32. The average molecular weight is 143 g/mol. The van der Waals surface area contributed by atoms with Gasteiger partial charge >= 0.3 is 0 Å². The normalized spacial score (nSPS) is 21.9. The van der Waals surface area contributed by atoms with E-state index in [1.54, 1.807) is 0 Å². The molecule has 60 valence electrons. The zero-order valence-electron chi connectivity index (χ0n) is 7.07. The maximum absolute atomic E-state index is 3.27. The van der Waals surface area contributed by atoms with Crippen molar-refractivity contribution in [2.75, 3.05) is 13.1 Å². The van der Waals surface area contributed by atoms with Gasteiger partial charge in [-0.25, -0.2) is 10.9 Å². The van der Waals surface area contributed by atoms with Crippen LogP contribution in [0.25, 0.3) is 0 Å². The molecule has 3 nitrogen and oxygen atoms in total. The summed E-state index contributed by atoms with van der Waals surface area (Å²) in [5.74, 6) is 0. The summed E-state index contributed by atoms with van der Waals surface area (Å²) in [6.07, 6.45) is 1.15. The van der Waals surface area contributed by atoms with Crippen LogP contribution in [0.2, 0.25) is 0 Å². The molecule has 0 bridgehead atoms. The lowest BCUT2D eigenvalue weighted by Gasteiger charge is -2.33. The minimum Gasteiger partial charge on any atom is -0.240 e. The molecular formula is C7H17N3. The summed E-state index contributed by atoms with van der Waals surface area (Å²) < 4.78 is 0. The van der Waals surface area contributed by atoms with Crippen molar-refractivity contribution >= 4 is 0 Å². The summed E-state index contributed by atoms with van der Waals surface area (Å²) >= 11 is 0. The zero-order valence-corrected chi connectivity index (χ0v) is 7.07. The predicted molar refractivity (Wildman–Crippen MR) is 42.2 cm³/mol. The molecule has 0 aliphatic carbocycles. The number of nitrogens with one attached hydrogen (secondary N) is 2. The van der Waals surface area contributed by atoms with Crippen LogP contribution >= 0.6 is 0 Å². The van der Waals surface area contributed by atoms with Crippen molar-refractivity contribution in [3.05, 3.63) is 0 Å². The Kier molecular flexibility index (Phi) is 2.28. The van der Waals surface area contributed by atoms with Gasteiger partial charge in [-0.3, -0.25) is 0 Å². The Morgan fingerprint density at radius 2 is 1.80 bits per heavy atom. The van der Waals surface area contributed by atoms with Gasteiger partial charge in [-0.1, -0.05) is 6.92 Å². The molecule has 1 saturated heterocycles. The lowest BCUT2D eigenvalue weighted by atomic mass is 10.0. The number of hydrazine groups is 2. The van der Waals surface area contributed by atoms with E-state index in [0.717, 1.165) is 19.5 Å². The average Bonchev–Trinajstić information content (AvgIpc) is 2.38. The Hall–Kier alpha value is -0.120. The molecule has 10 heavy (non-hydrogen) atoms. The highest BCUT2D eigenvalue weighted by Gasteiger charge is 2.26. The molecule has 0 radical (unpaired) electrons. The molecule has 0 aromatic heterocycles. The third-order valence-electron chi connectivity index (χ3n) is 2.14. The van der Waals surface area contributed by atoms with Crippen LogP contribution in [-0.2, 0) is 0 Å². The van der Waals surface area contributed by atoms with E-state index in [1.807, 2.05) is 0 Å². The minimum absolute atomic E-state index is 0.233. The summed E-state index contributed by atoms with van der Waals surface area (Å²) in [5.41, 5.74) is 6.77. The largest absolute Gasteiger partial charge is 0.240 e. The van der Waals surface area contributed by atoms with Gasteiger partial charge in [0.05, 0.1) is 0 Å². The highest BCUT2D eigenvalue weighted by atomic mass is 15.8. The highest BCUT2D eigenvalue weighted by Crippen LogP contribution is 2.14. The molecule has 1 heterocycles. The molecule has 0 unspecified atom stereocenters. The Morgan fingerprint density at radius 1 is 1.30 bits per heavy atom. The van der Waals surface area contributed by atoms with Gasteiger partial charge in [0.2, 0.25) is 0 Å².